The highest BCUT2D eigenvalue weighted by Crippen LogP contribution is 2.37. The molecule has 0 amide bonds. The third kappa shape index (κ3) is 2.95. The summed E-state index contributed by atoms with van der Waals surface area (Å²) >= 11 is 0. The molecule has 0 bridgehead atoms. The maximum Gasteiger partial charge on any atom is 0.310 e. The van der Waals surface area contributed by atoms with Crippen molar-refractivity contribution < 1.29 is 14.6 Å². The molecule has 3 atom stereocenters. The van der Waals surface area contributed by atoms with Crippen LogP contribution in [-0.2, 0) is 9.53 Å². The molecule has 0 aromatic rings. The van der Waals surface area contributed by atoms with Gasteiger partial charge in [0.2, 0.25) is 0 Å². The summed E-state index contributed by atoms with van der Waals surface area (Å²) in [5.74, 6) is -0.0780. The van der Waals surface area contributed by atoms with Crippen molar-refractivity contribution in [2.24, 2.45) is 11.3 Å². The van der Waals surface area contributed by atoms with Crippen molar-refractivity contribution in [1.29, 1.82) is 0 Å². The Balaban J connectivity index is 1.98. The van der Waals surface area contributed by atoms with Gasteiger partial charge in [0.25, 0.3) is 0 Å². The van der Waals surface area contributed by atoms with Gasteiger partial charge in [-0.15, -0.1) is 0 Å². The molecule has 2 fully saturated rings. The normalized spacial score (nSPS) is 36.8. The molecule has 4 heteroatoms. The van der Waals surface area contributed by atoms with Crippen LogP contribution in [0.5, 0.6) is 0 Å². The molecule has 2 heterocycles. The Bertz CT molecular complexity index is 331. The molecule has 0 aromatic carbocycles. The molecular weight excluding hydrogens is 242 g/mol. The zero-order valence-electron chi connectivity index (χ0n) is 12.4. The molecule has 0 aromatic heterocycles. The summed E-state index contributed by atoms with van der Waals surface area (Å²) in [4.78, 5) is 13.9. The van der Waals surface area contributed by atoms with Gasteiger partial charge < -0.3 is 9.84 Å². The number of carbonyl (C=O) groups is 1. The summed E-state index contributed by atoms with van der Waals surface area (Å²) in [5, 5.41) is 9.47. The van der Waals surface area contributed by atoms with Gasteiger partial charge in [-0.2, -0.15) is 0 Å². The first-order chi connectivity index (χ1) is 8.98. The minimum Gasteiger partial charge on any atom is -0.481 e. The zero-order valence-corrected chi connectivity index (χ0v) is 12.4. The van der Waals surface area contributed by atoms with E-state index in [0.717, 1.165) is 38.8 Å². The largest absolute Gasteiger partial charge is 0.481 e. The number of carboxylic acid groups (broad SMARTS) is 1. The first-order valence-corrected chi connectivity index (χ1v) is 7.57. The number of likely N-dealkylation sites (tertiary alicyclic amines) is 1. The highest BCUT2D eigenvalue weighted by atomic mass is 16.5. The lowest BCUT2D eigenvalue weighted by molar-refractivity contribution is -0.148. The third-order valence-electron chi connectivity index (χ3n) is 5.06. The summed E-state index contributed by atoms with van der Waals surface area (Å²) in [6.07, 6.45) is 3.96. The molecule has 2 aliphatic heterocycles. The Labute approximate surface area is 116 Å². The Morgan fingerprint density at radius 1 is 1.53 bits per heavy atom. The van der Waals surface area contributed by atoms with Crippen LogP contribution < -0.4 is 0 Å². The standard InChI is InChI=1S/C15H27NO3/c1-4-15(14(17)18)6-7-16(10-15)12-5-8-19-13(9-12)11(2)3/h11-13H,4-10H2,1-3H3,(H,17,18). The first kappa shape index (κ1) is 14.8. The van der Waals surface area contributed by atoms with E-state index in [9.17, 15) is 9.90 Å². The molecule has 110 valence electrons. The maximum absolute atomic E-state index is 11.5. The van der Waals surface area contributed by atoms with Crippen molar-refractivity contribution >= 4 is 5.97 Å². The first-order valence-electron chi connectivity index (χ1n) is 7.57. The van der Waals surface area contributed by atoms with Gasteiger partial charge in [-0.05, 0) is 38.1 Å². The Kier molecular flexibility index (Phi) is 4.51. The van der Waals surface area contributed by atoms with Crippen LogP contribution in [0.2, 0.25) is 0 Å². The van der Waals surface area contributed by atoms with Gasteiger partial charge in [0, 0.05) is 19.2 Å². The van der Waals surface area contributed by atoms with E-state index in [-0.39, 0.29) is 0 Å². The van der Waals surface area contributed by atoms with Crippen LogP contribution in [0, 0.1) is 11.3 Å². The van der Waals surface area contributed by atoms with Crippen molar-refractivity contribution in [3.8, 4) is 0 Å². The molecular formula is C15H27NO3. The van der Waals surface area contributed by atoms with Crippen molar-refractivity contribution in [2.45, 2.75) is 58.6 Å². The number of hydrogen-bond acceptors (Lipinski definition) is 3. The molecule has 0 spiro atoms. The fourth-order valence-electron chi connectivity index (χ4n) is 3.44. The molecule has 2 aliphatic rings. The fraction of sp³-hybridized carbons (Fsp3) is 0.933. The van der Waals surface area contributed by atoms with E-state index in [1.165, 1.54) is 0 Å². The summed E-state index contributed by atoms with van der Waals surface area (Å²) in [7, 11) is 0. The van der Waals surface area contributed by atoms with Crippen molar-refractivity contribution in [2.75, 3.05) is 19.7 Å². The van der Waals surface area contributed by atoms with Crippen molar-refractivity contribution in [1.82, 2.24) is 4.90 Å². The molecule has 4 nitrogen and oxygen atoms in total. The quantitative estimate of drug-likeness (QED) is 0.851. The number of rotatable bonds is 4. The monoisotopic (exact) mass is 269 g/mol. The number of hydrogen-bond donors (Lipinski definition) is 1. The minimum absolute atomic E-state index is 0.334. The second-order valence-electron chi connectivity index (χ2n) is 6.49. The van der Waals surface area contributed by atoms with Crippen LogP contribution >= 0.6 is 0 Å². The van der Waals surface area contributed by atoms with Gasteiger partial charge in [0.05, 0.1) is 11.5 Å². The molecule has 2 saturated heterocycles. The van der Waals surface area contributed by atoms with Gasteiger partial charge in [0.1, 0.15) is 0 Å². The highest BCUT2D eigenvalue weighted by Gasteiger charge is 2.45. The van der Waals surface area contributed by atoms with Crippen LogP contribution in [0.3, 0.4) is 0 Å². The smallest absolute Gasteiger partial charge is 0.310 e. The average molecular weight is 269 g/mol. The number of ether oxygens (including phenoxy) is 1. The number of nitrogens with zero attached hydrogens (tertiary/aromatic N) is 1. The summed E-state index contributed by atoms with van der Waals surface area (Å²) < 4.78 is 5.81. The highest BCUT2D eigenvalue weighted by molar-refractivity contribution is 5.75. The lowest BCUT2D eigenvalue weighted by atomic mass is 9.84. The van der Waals surface area contributed by atoms with Crippen LogP contribution in [0.4, 0.5) is 0 Å². The van der Waals surface area contributed by atoms with Gasteiger partial charge in [-0.25, -0.2) is 0 Å². The lowest BCUT2D eigenvalue weighted by Gasteiger charge is -2.37. The lowest BCUT2D eigenvalue weighted by Crippen LogP contribution is -2.44. The molecule has 0 aliphatic carbocycles. The minimum atomic E-state index is -0.620. The Hall–Kier alpha value is -0.610. The van der Waals surface area contributed by atoms with Gasteiger partial charge in [-0.3, -0.25) is 9.69 Å². The molecule has 2 rings (SSSR count). The SMILES string of the molecule is CCC1(C(=O)O)CCN(C2CCOC(C(C)C)C2)C1. The fourth-order valence-corrected chi connectivity index (χ4v) is 3.44. The molecule has 0 saturated carbocycles. The molecule has 3 unspecified atom stereocenters. The third-order valence-corrected chi connectivity index (χ3v) is 5.06. The van der Waals surface area contributed by atoms with Gasteiger partial charge >= 0.3 is 5.97 Å². The maximum atomic E-state index is 11.5. The van der Waals surface area contributed by atoms with Crippen molar-refractivity contribution in [3.63, 3.8) is 0 Å². The predicted octanol–water partition coefficient (Wildman–Crippen LogP) is 2.38. The average Bonchev–Trinajstić information content (AvgIpc) is 2.84. The second-order valence-corrected chi connectivity index (χ2v) is 6.49. The van der Waals surface area contributed by atoms with Gasteiger partial charge in [-0.1, -0.05) is 20.8 Å². The van der Waals surface area contributed by atoms with E-state index in [1.54, 1.807) is 0 Å². The number of aliphatic carboxylic acids is 1. The van der Waals surface area contributed by atoms with E-state index in [1.807, 2.05) is 6.92 Å². The molecule has 0 radical (unpaired) electrons. The van der Waals surface area contributed by atoms with E-state index in [2.05, 4.69) is 18.7 Å². The van der Waals surface area contributed by atoms with Crippen LogP contribution in [0.15, 0.2) is 0 Å². The van der Waals surface area contributed by atoms with Crippen LogP contribution in [0.25, 0.3) is 0 Å². The molecule has 1 N–H and O–H groups in total. The summed E-state index contributed by atoms with van der Waals surface area (Å²) in [6.45, 7) is 8.86. The van der Waals surface area contributed by atoms with Crippen LogP contribution in [-0.4, -0.2) is 47.8 Å². The van der Waals surface area contributed by atoms with Crippen LogP contribution in [0.1, 0.15) is 46.5 Å². The molecule has 19 heavy (non-hydrogen) atoms. The summed E-state index contributed by atoms with van der Waals surface area (Å²) in [5.41, 5.74) is -0.508. The van der Waals surface area contributed by atoms with E-state index in [4.69, 9.17) is 4.74 Å². The van der Waals surface area contributed by atoms with E-state index >= 15 is 0 Å². The Morgan fingerprint density at radius 3 is 2.79 bits per heavy atom. The zero-order chi connectivity index (χ0) is 14.0. The Morgan fingerprint density at radius 2 is 2.26 bits per heavy atom. The van der Waals surface area contributed by atoms with E-state index in [0.29, 0.717) is 24.6 Å². The topological polar surface area (TPSA) is 49.8 Å². The number of carboxylic acids is 1. The predicted molar refractivity (Wildman–Crippen MR) is 74.1 cm³/mol. The van der Waals surface area contributed by atoms with Crippen molar-refractivity contribution in [3.05, 3.63) is 0 Å². The summed E-state index contributed by atoms with van der Waals surface area (Å²) in [6, 6.07) is 0.508. The van der Waals surface area contributed by atoms with Gasteiger partial charge in [0.15, 0.2) is 0 Å². The van der Waals surface area contributed by atoms with E-state index < -0.39 is 11.4 Å². The second kappa shape index (κ2) is 5.80.